The third-order valence-corrected chi connectivity index (χ3v) is 6.29. The van der Waals surface area contributed by atoms with Crippen LogP contribution in [-0.2, 0) is 18.9 Å². The number of rotatable bonds is 12. The van der Waals surface area contributed by atoms with Gasteiger partial charge in [-0.25, -0.2) is 10.6 Å². The van der Waals surface area contributed by atoms with E-state index in [1.807, 2.05) is 12.7 Å². The third kappa shape index (κ3) is 25.9. The molecule has 0 saturated carbocycles. The monoisotopic (exact) mass is 678 g/mol. The van der Waals surface area contributed by atoms with Gasteiger partial charge in [-0.3, -0.25) is 0 Å². The predicted molar refractivity (Wildman–Crippen MR) is 189 cm³/mol. The van der Waals surface area contributed by atoms with E-state index in [0.717, 1.165) is 11.4 Å². The summed E-state index contributed by atoms with van der Waals surface area (Å²) in [5.41, 5.74) is 9.75. The van der Waals surface area contributed by atoms with E-state index in [1.54, 1.807) is 28.4 Å². The van der Waals surface area contributed by atoms with Gasteiger partial charge in [0, 0.05) is 52.7 Å². The zero-order valence-corrected chi connectivity index (χ0v) is 35.0. The van der Waals surface area contributed by atoms with Crippen molar-refractivity contribution in [1.29, 1.82) is 0 Å². The third-order valence-electron chi connectivity index (χ3n) is 6.29. The molecule has 0 aliphatic rings. The summed E-state index contributed by atoms with van der Waals surface area (Å²) in [5, 5.41) is 4.14. The summed E-state index contributed by atoms with van der Waals surface area (Å²) in [6.07, 6.45) is 3.94. The zero-order valence-electron chi connectivity index (χ0n) is 31.0. The number of nitrogens with one attached hydrogen (secondary N) is 2. The van der Waals surface area contributed by atoms with Crippen molar-refractivity contribution in [1.82, 2.24) is 0 Å². The molecule has 4 rings (SSSR count). The van der Waals surface area contributed by atoms with E-state index in [9.17, 15) is 0 Å². The van der Waals surface area contributed by atoms with Gasteiger partial charge in [-0.2, -0.15) is 9.98 Å². The number of ether oxygens (including phenoxy) is 4. The molecule has 4 aromatic carbocycles. The van der Waals surface area contributed by atoms with Gasteiger partial charge < -0.3 is 18.9 Å². The average Bonchev–Trinajstić information content (AvgIpc) is 3.07. The Morgan fingerprint density at radius 3 is 0.875 bits per heavy atom. The molecule has 0 bridgehead atoms. The van der Waals surface area contributed by atoms with Gasteiger partial charge in [-0.15, -0.1) is 0 Å². The van der Waals surface area contributed by atoms with Crippen molar-refractivity contribution in [2.24, 2.45) is 0 Å². The normalized spacial score (nSPS) is 10.0. The van der Waals surface area contributed by atoms with Crippen molar-refractivity contribution in [2.45, 2.75) is 27.7 Å². The maximum absolute atomic E-state index is 4.66. The van der Waals surface area contributed by atoms with Crippen LogP contribution in [0.1, 0.15) is 22.3 Å². The van der Waals surface area contributed by atoms with Crippen LogP contribution < -0.4 is 79.7 Å². The number of aryl methyl sites for hydroxylation is 4. The first-order valence-corrected chi connectivity index (χ1v) is 15.4. The Morgan fingerprint density at radius 2 is 0.646 bits per heavy atom. The van der Waals surface area contributed by atoms with Crippen LogP contribution in [0.3, 0.4) is 0 Å². The summed E-state index contributed by atoms with van der Waals surface area (Å²) in [6.45, 7) is 11.1. The fourth-order valence-electron chi connectivity index (χ4n) is 3.46. The first-order valence-electron chi connectivity index (χ1n) is 15.4. The van der Waals surface area contributed by atoms with E-state index in [1.165, 1.54) is 33.6 Å². The fourth-order valence-corrected chi connectivity index (χ4v) is 3.46. The van der Waals surface area contributed by atoms with Crippen molar-refractivity contribution in [2.75, 3.05) is 54.9 Å². The van der Waals surface area contributed by atoms with Crippen LogP contribution >= 0.6 is 0 Å². The molecule has 0 heterocycles. The molecule has 48 heavy (non-hydrogen) atoms. The van der Waals surface area contributed by atoms with Crippen LogP contribution in [0.2, 0.25) is 0 Å². The maximum Gasteiger partial charge on any atom is 1.00 e. The van der Waals surface area contributed by atoms with Crippen molar-refractivity contribution in [3.05, 3.63) is 119 Å². The van der Waals surface area contributed by atoms with Crippen molar-refractivity contribution < 1.29 is 98.7 Å². The minimum Gasteiger partial charge on any atom is -0.382 e. The van der Waals surface area contributed by atoms with E-state index < -0.39 is 0 Å². The topological polar surface area (TPSA) is 98.1 Å². The maximum atomic E-state index is 4.66. The Balaban J connectivity index is 0. The summed E-state index contributed by atoms with van der Waals surface area (Å²) in [4.78, 5) is 6.51. The quantitative estimate of drug-likeness (QED) is 0.0411. The van der Waals surface area contributed by atoms with Gasteiger partial charge in [-0.05, 0) is 52.0 Å². The second-order valence-corrected chi connectivity index (χ2v) is 10.5. The average molecular weight is 679 g/mol. The first kappa shape index (κ1) is 48.1. The second kappa shape index (κ2) is 32.2. The molecule has 4 aromatic rings. The first-order chi connectivity index (χ1) is 22.3. The molecular weight excluding hydrogens is 622 g/mol. The minimum absolute atomic E-state index is 0. The molecule has 6 N–H and O–H groups in total. The van der Waals surface area contributed by atoms with E-state index in [2.05, 4.69) is 164 Å². The molecule has 0 spiro atoms. The Kier molecular flexibility index (Phi) is 32.3. The van der Waals surface area contributed by atoms with Gasteiger partial charge in [0.2, 0.25) is 11.4 Å². The molecule has 0 amide bonds. The number of benzene rings is 4. The summed E-state index contributed by atoms with van der Waals surface area (Å²) in [5.74, 6) is 0. The molecule has 0 aliphatic heterocycles. The SMILES string of the molecule is COCCOC.COCCOC.Cc1ccc([NH+]=C[NH2+]c2ccc(C)cc2)cc1.Cc1ccc([NH+]=C[NH2+]c2ccc(C)cc2)cc1.[Na+].[Na+]. The van der Waals surface area contributed by atoms with Crippen molar-refractivity contribution in [3.8, 4) is 0 Å². The fraction of sp³-hybridized carbons (Fsp3) is 0.316. The van der Waals surface area contributed by atoms with E-state index in [-0.39, 0.29) is 59.1 Å². The Morgan fingerprint density at radius 1 is 0.417 bits per heavy atom. The predicted octanol–water partition coefficient (Wildman–Crippen LogP) is -3.56. The zero-order chi connectivity index (χ0) is 33.8. The minimum atomic E-state index is 0. The molecule has 0 aromatic heterocycles. The number of quaternary nitrogens is 2. The van der Waals surface area contributed by atoms with Gasteiger partial charge in [0.15, 0.2) is 0 Å². The molecule has 0 saturated heterocycles. The summed E-state index contributed by atoms with van der Waals surface area (Å²) in [7, 11) is 6.61. The molecule has 0 fully saturated rings. The molecule has 0 atom stereocenters. The standard InChI is InChI=1S/2C15H16N2.2C4H10O2.2Na/c2*1-12-3-7-14(8-4-12)16-11-17-15-9-5-13(2)6-10-15;2*1-5-3-4-6-2;;/h2*3-11H,1-2H3,(H,16,17);2*3-4H2,1-2H3;;/q;;;;2*+1/p+4. The molecule has 10 heteroatoms. The van der Waals surface area contributed by atoms with E-state index in [0.29, 0.717) is 26.4 Å². The van der Waals surface area contributed by atoms with Crippen LogP contribution in [0.5, 0.6) is 0 Å². The number of hydrogen-bond donors (Lipinski definition) is 4. The molecule has 0 aliphatic carbocycles. The smallest absolute Gasteiger partial charge is 0.382 e. The van der Waals surface area contributed by atoms with Crippen LogP contribution in [0.25, 0.3) is 0 Å². The van der Waals surface area contributed by atoms with Crippen LogP contribution in [0.4, 0.5) is 22.7 Å². The van der Waals surface area contributed by atoms with Crippen LogP contribution in [-0.4, -0.2) is 67.5 Å². The van der Waals surface area contributed by atoms with Gasteiger partial charge in [0.1, 0.15) is 11.4 Å². The Bertz CT molecular complexity index is 1240. The van der Waals surface area contributed by atoms with Gasteiger partial charge in [0.05, 0.1) is 26.4 Å². The Hall–Kier alpha value is -2.02. The summed E-state index contributed by atoms with van der Waals surface area (Å²) >= 11 is 0. The van der Waals surface area contributed by atoms with E-state index >= 15 is 0 Å². The largest absolute Gasteiger partial charge is 1.00 e. The number of methoxy groups -OCH3 is 4. The van der Waals surface area contributed by atoms with Gasteiger partial charge >= 0.3 is 71.8 Å². The molecule has 0 radical (unpaired) electrons. The van der Waals surface area contributed by atoms with Crippen LogP contribution in [0, 0.1) is 27.7 Å². The van der Waals surface area contributed by atoms with Gasteiger partial charge in [-0.1, -0.05) is 70.8 Å². The number of hydrogen-bond acceptors (Lipinski definition) is 4. The Labute approximate surface area is 333 Å². The molecule has 248 valence electrons. The molecule has 0 unspecified atom stereocenters. The summed E-state index contributed by atoms with van der Waals surface area (Å²) < 4.78 is 18.6. The summed E-state index contributed by atoms with van der Waals surface area (Å²) in [6, 6.07) is 33.6. The van der Waals surface area contributed by atoms with Crippen LogP contribution in [0.15, 0.2) is 97.1 Å². The second-order valence-electron chi connectivity index (χ2n) is 10.5. The number of nitrogens with two attached hydrogens (primary N) is 2. The molecular formula is C38H56N4Na2O4+6. The van der Waals surface area contributed by atoms with Crippen molar-refractivity contribution >= 4 is 35.4 Å². The van der Waals surface area contributed by atoms with E-state index in [4.69, 9.17) is 0 Å². The van der Waals surface area contributed by atoms with Gasteiger partial charge in [0.25, 0.3) is 0 Å². The molecule has 8 nitrogen and oxygen atoms in total. The van der Waals surface area contributed by atoms with Crippen molar-refractivity contribution in [3.63, 3.8) is 0 Å².